The van der Waals surface area contributed by atoms with Gasteiger partial charge in [-0.1, -0.05) is 0 Å². The minimum Gasteiger partial charge on any atom is -0.412 e. The van der Waals surface area contributed by atoms with E-state index in [2.05, 4.69) is 0 Å². The van der Waals surface area contributed by atoms with Crippen molar-refractivity contribution >= 4 is 8.60 Å². The largest absolute Gasteiger partial charge is 0.412 e. The van der Waals surface area contributed by atoms with Gasteiger partial charge in [0.1, 0.15) is 0 Å². The van der Waals surface area contributed by atoms with Crippen LogP contribution in [-0.2, 0) is 17.1 Å². The quantitative estimate of drug-likeness (QED) is 0.289. The van der Waals surface area contributed by atoms with Crippen molar-refractivity contribution in [3.8, 4) is 0 Å². The fourth-order valence-electron chi connectivity index (χ4n) is 0. The Morgan fingerprint density at radius 2 is 1.00 bits per heavy atom. The van der Waals surface area contributed by atoms with Gasteiger partial charge in [-0.05, 0) is 0 Å². The first-order valence-electron chi connectivity index (χ1n) is 0.600. The third-order valence-corrected chi connectivity index (χ3v) is 0. The Kier molecular flexibility index (Phi) is 24.4. The topological polar surface area (TPSA) is 92.2 Å². The molecule has 0 spiro atoms. The van der Waals surface area contributed by atoms with Gasteiger partial charge in [0, 0.05) is 17.1 Å². The summed E-state index contributed by atoms with van der Waals surface area (Å²) in [5.41, 5.74) is 0. The maximum absolute atomic E-state index is 7.23. The van der Waals surface area contributed by atoms with Gasteiger partial charge < -0.3 is 20.2 Å². The molecule has 41 valence electrons. The Morgan fingerprint density at radius 3 is 1.00 bits per heavy atom. The van der Waals surface area contributed by atoms with Crippen LogP contribution in [-0.4, -0.2) is 20.2 Å². The molecule has 0 unspecified atom stereocenters. The third-order valence-electron chi connectivity index (χ3n) is 0. The summed E-state index contributed by atoms with van der Waals surface area (Å²) in [7, 11) is -2.62. The summed E-state index contributed by atoms with van der Waals surface area (Å²) < 4.78 is 0. The van der Waals surface area contributed by atoms with E-state index in [0.717, 1.165) is 0 Å². The predicted octanol–water partition coefficient (Wildman–Crippen LogP) is -1.64. The van der Waals surface area contributed by atoms with E-state index in [-0.39, 0.29) is 22.5 Å². The third kappa shape index (κ3) is 110. The monoisotopic (exact) mass is 155 g/mol. The zero-order chi connectivity index (χ0) is 3.58. The van der Waals surface area contributed by atoms with Crippen molar-refractivity contribution in [2.45, 2.75) is 0 Å². The molecule has 0 aromatic rings. The van der Waals surface area contributed by atoms with Gasteiger partial charge in [-0.3, -0.25) is 0 Å². The van der Waals surface area contributed by atoms with E-state index >= 15 is 0 Å². The van der Waals surface area contributed by atoms with Crippen molar-refractivity contribution in [2.75, 3.05) is 0 Å². The average molecular weight is 155 g/mol. The number of hydrogen-bond acceptors (Lipinski definition) is 3. The van der Waals surface area contributed by atoms with Crippen molar-refractivity contribution in [1.29, 1.82) is 0 Å². The minimum absolute atomic E-state index is 0. The van der Waals surface area contributed by atoms with Gasteiger partial charge in [0.05, 0.1) is 0 Å². The van der Waals surface area contributed by atoms with E-state index in [9.17, 15) is 0 Å². The summed E-state index contributed by atoms with van der Waals surface area (Å²) >= 11 is 0. The molecule has 0 heterocycles. The van der Waals surface area contributed by atoms with E-state index < -0.39 is 8.60 Å². The summed E-state index contributed by atoms with van der Waals surface area (Å²) in [5, 5.41) is 0. The Hall–Kier alpha value is 0.789. The van der Waals surface area contributed by atoms with Crippen LogP contribution in [0.1, 0.15) is 0 Å². The van der Waals surface area contributed by atoms with Crippen LogP contribution in [0, 0.1) is 0 Å². The normalized spacial score (nSPS) is 6.00. The first-order chi connectivity index (χ1) is 1.73. The van der Waals surface area contributed by atoms with Crippen LogP contribution in [0.5, 0.6) is 0 Å². The van der Waals surface area contributed by atoms with Crippen LogP contribution in [0.2, 0.25) is 0 Å². The zero-order valence-corrected chi connectivity index (χ0v) is 4.74. The first kappa shape index (κ1) is 15.8. The van der Waals surface area contributed by atoms with Crippen molar-refractivity contribution in [2.24, 2.45) is 0 Å². The molecule has 0 aliphatic rings. The predicted molar refractivity (Wildman–Crippen MR) is 17.2 cm³/mol. The van der Waals surface area contributed by atoms with Crippen LogP contribution in [0.4, 0.5) is 0 Å². The zero-order valence-electron chi connectivity index (χ0n) is 2.67. The molecule has 6 heteroatoms. The SMILES string of the molecule is O.OP(O)O.[Mn]. The van der Waals surface area contributed by atoms with E-state index in [1.807, 2.05) is 0 Å². The minimum atomic E-state index is -2.62. The fraction of sp³-hybridized carbons (Fsp3) is 0. The smallest absolute Gasteiger partial charge is 0.324 e. The molecule has 1 radical (unpaired) electrons. The molecule has 0 aromatic heterocycles. The van der Waals surface area contributed by atoms with Crippen LogP contribution >= 0.6 is 8.60 Å². The Morgan fingerprint density at radius 1 is 1.00 bits per heavy atom. The Bertz CT molecular complexity index is 12.3. The van der Waals surface area contributed by atoms with E-state index in [4.69, 9.17) is 14.7 Å². The van der Waals surface area contributed by atoms with Crippen LogP contribution in [0.25, 0.3) is 0 Å². The standard InChI is InChI=1S/Mn.H3O3P.H2O/c;1-4(2)3;/h;1-3H;1H2. The molecule has 6 heavy (non-hydrogen) atoms. The number of hydrogen-bond donors (Lipinski definition) is 3. The Labute approximate surface area is 46.6 Å². The molecule has 0 fully saturated rings. The van der Waals surface area contributed by atoms with Gasteiger partial charge in [0.25, 0.3) is 0 Å². The van der Waals surface area contributed by atoms with Crippen molar-refractivity contribution in [3.05, 3.63) is 0 Å². The molecule has 4 nitrogen and oxygen atoms in total. The summed E-state index contributed by atoms with van der Waals surface area (Å²) in [6.07, 6.45) is 0. The molecule has 0 atom stereocenters. The maximum Gasteiger partial charge on any atom is 0.324 e. The second-order valence-electron chi connectivity index (χ2n) is 0.268. The molecule has 0 saturated heterocycles. The molecule has 0 saturated carbocycles. The molecule has 0 bridgehead atoms. The van der Waals surface area contributed by atoms with Crippen LogP contribution < -0.4 is 0 Å². The molecule has 0 rings (SSSR count). The fourth-order valence-corrected chi connectivity index (χ4v) is 0. The van der Waals surface area contributed by atoms with E-state index in [0.29, 0.717) is 0 Å². The maximum atomic E-state index is 7.23. The van der Waals surface area contributed by atoms with Gasteiger partial charge in [0.2, 0.25) is 0 Å². The van der Waals surface area contributed by atoms with Gasteiger partial charge >= 0.3 is 8.60 Å². The molecule has 5 N–H and O–H groups in total. The van der Waals surface area contributed by atoms with Crippen molar-refractivity contribution in [3.63, 3.8) is 0 Å². The summed E-state index contributed by atoms with van der Waals surface area (Å²) in [4.78, 5) is 21.7. The van der Waals surface area contributed by atoms with Gasteiger partial charge in [-0.15, -0.1) is 0 Å². The average Bonchev–Trinajstić information content (AvgIpc) is 0.811. The van der Waals surface area contributed by atoms with E-state index in [1.54, 1.807) is 0 Å². The molecule has 0 aromatic carbocycles. The van der Waals surface area contributed by atoms with E-state index in [1.165, 1.54) is 0 Å². The molecule has 0 aliphatic carbocycles. The number of rotatable bonds is 0. The van der Waals surface area contributed by atoms with Crippen LogP contribution in [0.15, 0.2) is 0 Å². The van der Waals surface area contributed by atoms with Gasteiger partial charge in [0.15, 0.2) is 0 Å². The molecular formula is H5MnO4P. The van der Waals surface area contributed by atoms with Crippen molar-refractivity contribution < 1.29 is 37.2 Å². The second-order valence-corrected chi connectivity index (χ2v) is 0.805. The summed E-state index contributed by atoms with van der Waals surface area (Å²) in [6.45, 7) is 0. The van der Waals surface area contributed by atoms with Gasteiger partial charge in [-0.2, -0.15) is 0 Å². The molecular weight excluding hydrogens is 150 g/mol. The van der Waals surface area contributed by atoms with Crippen LogP contribution in [0.3, 0.4) is 0 Å². The summed E-state index contributed by atoms with van der Waals surface area (Å²) in [5.74, 6) is 0. The summed E-state index contributed by atoms with van der Waals surface area (Å²) in [6, 6.07) is 0. The first-order valence-corrected chi connectivity index (χ1v) is 1.80. The molecule has 0 amide bonds. The second kappa shape index (κ2) is 9.25. The molecule has 0 aliphatic heterocycles. The Balaban J connectivity index is -0.0000000450. The van der Waals surface area contributed by atoms with Gasteiger partial charge in [-0.25, -0.2) is 0 Å². The van der Waals surface area contributed by atoms with Crippen molar-refractivity contribution in [1.82, 2.24) is 0 Å².